The van der Waals surface area contributed by atoms with E-state index in [0.717, 1.165) is 29.3 Å². The summed E-state index contributed by atoms with van der Waals surface area (Å²) in [5, 5.41) is 4.35. The van der Waals surface area contributed by atoms with Crippen molar-refractivity contribution in [2.24, 2.45) is 0 Å². The molecular weight excluding hydrogens is 284 g/mol. The molecule has 0 fully saturated rings. The predicted molar refractivity (Wildman–Crippen MR) is 84.6 cm³/mol. The molecule has 1 N–H and O–H groups in total. The Labute approximate surface area is 130 Å². The van der Waals surface area contributed by atoms with Gasteiger partial charge in [-0.1, -0.05) is 11.6 Å². The third-order valence-electron chi connectivity index (χ3n) is 3.73. The zero-order valence-corrected chi connectivity index (χ0v) is 13.0. The number of rotatable bonds is 3. The molecule has 21 heavy (non-hydrogen) atoms. The summed E-state index contributed by atoms with van der Waals surface area (Å²) in [6.07, 6.45) is 4.54. The molecule has 0 bridgehead atoms. The van der Waals surface area contributed by atoms with Crippen molar-refractivity contribution >= 4 is 11.6 Å². The van der Waals surface area contributed by atoms with E-state index in [1.54, 1.807) is 0 Å². The highest BCUT2D eigenvalue weighted by atomic mass is 35.5. The van der Waals surface area contributed by atoms with Gasteiger partial charge in [0, 0.05) is 42.0 Å². The number of ether oxygens (including phenoxy) is 1. The third-order valence-corrected chi connectivity index (χ3v) is 3.97. The zero-order valence-electron chi connectivity index (χ0n) is 12.3. The monoisotopic (exact) mass is 302 g/mol. The van der Waals surface area contributed by atoms with Gasteiger partial charge in [-0.05, 0) is 49.7 Å². The summed E-state index contributed by atoms with van der Waals surface area (Å²) < 4.78 is 6.05. The number of hydrogen-bond donors (Lipinski definition) is 1. The summed E-state index contributed by atoms with van der Waals surface area (Å²) in [5.41, 5.74) is 2.17. The first-order valence-corrected chi connectivity index (χ1v) is 7.52. The van der Waals surface area contributed by atoms with E-state index >= 15 is 0 Å². The number of aromatic nitrogens is 1. The second-order valence-corrected chi connectivity index (χ2v) is 6.47. The Balaban J connectivity index is 1.82. The molecule has 0 amide bonds. The Morgan fingerprint density at radius 1 is 1.29 bits per heavy atom. The maximum atomic E-state index is 6.14. The lowest BCUT2D eigenvalue weighted by Crippen LogP contribution is -2.39. The molecule has 2 heterocycles. The number of halogens is 1. The van der Waals surface area contributed by atoms with E-state index in [4.69, 9.17) is 16.3 Å². The van der Waals surface area contributed by atoms with Gasteiger partial charge in [0.1, 0.15) is 11.4 Å². The highest BCUT2D eigenvalue weighted by Crippen LogP contribution is 2.40. The van der Waals surface area contributed by atoms with Gasteiger partial charge in [0.05, 0.1) is 0 Å². The standard InChI is InChI=1S/C17H19ClN2O/c1-17(2)10-15(20-11-12-5-7-19-8-6-12)14-9-13(18)3-4-16(14)21-17/h3-9,15,20H,10-11H2,1-2H3. The summed E-state index contributed by atoms with van der Waals surface area (Å²) in [6, 6.07) is 10.1. The van der Waals surface area contributed by atoms with Crippen LogP contribution in [0, 0.1) is 0 Å². The summed E-state index contributed by atoms with van der Waals surface area (Å²) in [4.78, 5) is 4.05. The van der Waals surface area contributed by atoms with Crippen LogP contribution >= 0.6 is 11.6 Å². The van der Waals surface area contributed by atoms with Gasteiger partial charge in [-0.2, -0.15) is 0 Å². The number of hydrogen-bond acceptors (Lipinski definition) is 3. The number of nitrogens with one attached hydrogen (secondary N) is 1. The van der Waals surface area contributed by atoms with E-state index in [1.165, 1.54) is 5.56 Å². The minimum atomic E-state index is -0.184. The summed E-state index contributed by atoms with van der Waals surface area (Å²) in [6.45, 7) is 5.03. The molecule has 0 saturated heterocycles. The van der Waals surface area contributed by atoms with Crippen LogP contribution in [-0.2, 0) is 6.54 Å². The van der Waals surface area contributed by atoms with Crippen LogP contribution in [0.25, 0.3) is 0 Å². The van der Waals surface area contributed by atoms with E-state index in [0.29, 0.717) is 0 Å². The van der Waals surface area contributed by atoms with Crippen LogP contribution in [-0.4, -0.2) is 10.6 Å². The molecule has 3 rings (SSSR count). The van der Waals surface area contributed by atoms with E-state index < -0.39 is 0 Å². The number of benzene rings is 1. The first-order valence-electron chi connectivity index (χ1n) is 7.14. The zero-order chi connectivity index (χ0) is 14.9. The van der Waals surface area contributed by atoms with Crippen LogP contribution in [0.2, 0.25) is 5.02 Å². The van der Waals surface area contributed by atoms with Gasteiger partial charge in [0.2, 0.25) is 0 Å². The van der Waals surface area contributed by atoms with Crippen LogP contribution in [0.1, 0.15) is 37.4 Å². The molecule has 3 nitrogen and oxygen atoms in total. The first-order chi connectivity index (χ1) is 10.0. The normalized spacial score (nSPS) is 19.7. The maximum Gasteiger partial charge on any atom is 0.124 e. The lowest BCUT2D eigenvalue weighted by atomic mass is 9.89. The van der Waals surface area contributed by atoms with Crippen molar-refractivity contribution in [1.29, 1.82) is 0 Å². The van der Waals surface area contributed by atoms with Crippen molar-refractivity contribution < 1.29 is 4.74 Å². The SMILES string of the molecule is CC1(C)CC(NCc2ccncc2)c2cc(Cl)ccc2O1. The van der Waals surface area contributed by atoms with Gasteiger partial charge < -0.3 is 10.1 Å². The largest absolute Gasteiger partial charge is 0.487 e. The van der Waals surface area contributed by atoms with Crippen molar-refractivity contribution in [2.75, 3.05) is 0 Å². The van der Waals surface area contributed by atoms with Gasteiger partial charge >= 0.3 is 0 Å². The van der Waals surface area contributed by atoms with Gasteiger partial charge in [-0.3, -0.25) is 4.98 Å². The van der Waals surface area contributed by atoms with Crippen molar-refractivity contribution in [3.05, 3.63) is 58.9 Å². The average molecular weight is 303 g/mol. The molecule has 1 aliphatic heterocycles. The van der Waals surface area contributed by atoms with Crippen LogP contribution in [0.5, 0.6) is 5.75 Å². The van der Waals surface area contributed by atoms with Crippen molar-refractivity contribution in [2.45, 2.75) is 38.5 Å². The highest BCUT2D eigenvalue weighted by Gasteiger charge is 2.33. The molecule has 1 atom stereocenters. The lowest BCUT2D eigenvalue weighted by Gasteiger charge is -2.38. The van der Waals surface area contributed by atoms with Crippen molar-refractivity contribution in [3.8, 4) is 5.75 Å². The Morgan fingerprint density at radius 2 is 2.05 bits per heavy atom. The van der Waals surface area contributed by atoms with E-state index in [1.807, 2.05) is 42.7 Å². The van der Waals surface area contributed by atoms with Crippen LogP contribution in [0.3, 0.4) is 0 Å². The minimum absolute atomic E-state index is 0.184. The number of nitrogens with zero attached hydrogens (tertiary/aromatic N) is 1. The molecule has 1 aromatic heterocycles. The smallest absolute Gasteiger partial charge is 0.124 e. The number of fused-ring (bicyclic) bond motifs is 1. The van der Waals surface area contributed by atoms with E-state index in [9.17, 15) is 0 Å². The molecule has 0 saturated carbocycles. The summed E-state index contributed by atoms with van der Waals surface area (Å²) >= 11 is 6.14. The number of pyridine rings is 1. The fourth-order valence-corrected chi connectivity index (χ4v) is 2.93. The molecule has 0 aliphatic carbocycles. The molecule has 1 aliphatic rings. The van der Waals surface area contributed by atoms with E-state index in [-0.39, 0.29) is 11.6 Å². The molecular formula is C17H19ClN2O. The highest BCUT2D eigenvalue weighted by molar-refractivity contribution is 6.30. The molecule has 1 aromatic carbocycles. The Bertz CT molecular complexity index is 628. The molecule has 110 valence electrons. The fourth-order valence-electron chi connectivity index (χ4n) is 2.75. The molecule has 4 heteroatoms. The van der Waals surface area contributed by atoms with Crippen molar-refractivity contribution in [1.82, 2.24) is 10.3 Å². The quantitative estimate of drug-likeness (QED) is 0.926. The second kappa shape index (κ2) is 5.66. The van der Waals surface area contributed by atoms with Crippen LogP contribution < -0.4 is 10.1 Å². The topological polar surface area (TPSA) is 34.2 Å². The predicted octanol–water partition coefficient (Wildman–Crippen LogP) is 4.13. The summed E-state index contributed by atoms with van der Waals surface area (Å²) in [7, 11) is 0. The molecule has 1 unspecified atom stereocenters. The molecule has 0 spiro atoms. The minimum Gasteiger partial charge on any atom is -0.487 e. The first kappa shape index (κ1) is 14.4. The van der Waals surface area contributed by atoms with Gasteiger partial charge in [-0.15, -0.1) is 0 Å². The Kier molecular flexibility index (Phi) is 3.87. The second-order valence-electron chi connectivity index (χ2n) is 6.04. The van der Waals surface area contributed by atoms with Crippen molar-refractivity contribution in [3.63, 3.8) is 0 Å². The Hall–Kier alpha value is -1.58. The van der Waals surface area contributed by atoms with Crippen LogP contribution in [0.15, 0.2) is 42.7 Å². The fraction of sp³-hybridized carbons (Fsp3) is 0.353. The average Bonchev–Trinajstić information content (AvgIpc) is 2.46. The van der Waals surface area contributed by atoms with Gasteiger partial charge in [0.25, 0.3) is 0 Å². The Morgan fingerprint density at radius 3 is 2.81 bits per heavy atom. The van der Waals surface area contributed by atoms with Gasteiger partial charge in [-0.25, -0.2) is 0 Å². The van der Waals surface area contributed by atoms with Crippen LogP contribution in [0.4, 0.5) is 0 Å². The lowest BCUT2D eigenvalue weighted by molar-refractivity contribution is 0.0657. The summed E-state index contributed by atoms with van der Waals surface area (Å²) in [5.74, 6) is 0.919. The maximum absolute atomic E-state index is 6.14. The molecule has 2 aromatic rings. The molecule has 0 radical (unpaired) electrons. The van der Waals surface area contributed by atoms with E-state index in [2.05, 4.69) is 24.1 Å². The third kappa shape index (κ3) is 3.36. The van der Waals surface area contributed by atoms with Gasteiger partial charge in [0.15, 0.2) is 0 Å².